The van der Waals surface area contributed by atoms with E-state index in [0.717, 1.165) is 32.1 Å². The van der Waals surface area contributed by atoms with E-state index in [1.165, 1.54) is 15.9 Å². The van der Waals surface area contributed by atoms with Crippen LogP contribution >= 0.6 is 0 Å². The number of rotatable bonds is 7. The highest BCUT2D eigenvalue weighted by atomic mass is 16.5. The number of fused-ring (bicyclic) bond motifs is 1. The number of aliphatic hydroxyl groups excluding tert-OH is 1. The van der Waals surface area contributed by atoms with Crippen LogP contribution in [-0.4, -0.2) is 45.4 Å². The molecule has 2 atom stereocenters. The Balaban J connectivity index is 1.74. The number of aliphatic hydroxyl groups is 1. The minimum Gasteiger partial charge on any atom is -0.490 e. The van der Waals surface area contributed by atoms with Crippen LogP contribution in [0.5, 0.6) is 5.75 Å². The van der Waals surface area contributed by atoms with Gasteiger partial charge in [-0.3, -0.25) is 9.36 Å². The molecule has 2 aromatic rings. The summed E-state index contributed by atoms with van der Waals surface area (Å²) in [6, 6.07) is 5.91. The SMILES string of the molecule is C=CCOc1cccc(C(C(=O)OC2CCCCC2)n2cnc3c(c2=O)C(O)N(C)N3)c1. The fourth-order valence-electron chi connectivity index (χ4n) is 4.16. The minimum absolute atomic E-state index is 0.0875. The maximum atomic E-state index is 13.4. The van der Waals surface area contributed by atoms with E-state index < -0.39 is 23.8 Å². The zero-order valence-corrected chi connectivity index (χ0v) is 18.1. The van der Waals surface area contributed by atoms with Crippen LogP contribution in [0.25, 0.3) is 0 Å². The molecule has 0 radical (unpaired) electrons. The Kier molecular flexibility index (Phi) is 6.57. The molecule has 1 aliphatic heterocycles. The average molecular weight is 441 g/mol. The third-order valence-corrected chi connectivity index (χ3v) is 5.82. The molecule has 4 rings (SSSR count). The summed E-state index contributed by atoms with van der Waals surface area (Å²) in [7, 11) is 1.60. The van der Waals surface area contributed by atoms with Crippen molar-refractivity contribution in [3.63, 3.8) is 0 Å². The van der Waals surface area contributed by atoms with Gasteiger partial charge in [0, 0.05) is 7.05 Å². The number of hydrogen-bond acceptors (Lipinski definition) is 8. The van der Waals surface area contributed by atoms with Crippen molar-refractivity contribution in [1.82, 2.24) is 14.6 Å². The number of benzene rings is 1. The number of ether oxygens (including phenoxy) is 2. The molecule has 170 valence electrons. The molecule has 1 aromatic carbocycles. The van der Waals surface area contributed by atoms with Gasteiger partial charge in [-0.2, -0.15) is 5.01 Å². The van der Waals surface area contributed by atoms with Gasteiger partial charge in [-0.1, -0.05) is 31.2 Å². The molecule has 0 amide bonds. The number of aromatic nitrogens is 2. The highest BCUT2D eigenvalue weighted by molar-refractivity contribution is 5.78. The van der Waals surface area contributed by atoms with Crippen LogP contribution in [0.15, 0.2) is 48.0 Å². The summed E-state index contributed by atoms with van der Waals surface area (Å²) in [4.78, 5) is 31.0. The summed E-state index contributed by atoms with van der Waals surface area (Å²) >= 11 is 0. The van der Waals surface area contributed by atoms with Crippen LogP contribution in [0.2, 0.25) is 0 Å². The molecule has 32 heavy (non-hydrogen) atoms. The third kappa shape index (κ3) is 4.39. The molecule has 2 unspecified atom stereocenters. The van der Waals surface area contributed by atoms with Gasteiger partial charge in [-0.15, -0.1) is 0 Å². The second-order valence-corrected chi connectivity index (χ2v) is 8.09. The van der Waals surface area contributed by atoms with E-state index in [-0.39, 0.29) is 17.5 Å². The summed E-state index contributed by atoms with van der Waals surface area (Å²) in [5, 5.41) is 11.8. The second-order valence-electron chi connectivity index (χ2n) is 8.09. The number of anilines is 1. The van der Waals surface area contributed by atoms with Crippen molar-refractivity contribution < 1.29 is 19.4 Å². The van der Waals surface area contributed by atoms with Crippen molar-refractivity contribution in [2.45, 2.75) is 50.5 Å². The Labute approximate surface area is 186 Å². The van der Waals surface area contributed by atoms with Crippen LogP contribution in [0.4, 0.5) is 5.82 Å². The highest BCUT2D eigenvalue weighted by Gasteiger charge is 2.35. The first-order valence-corrected chi connectivity index (χ1v) is 10.8. The van der Waals surface area contributed by atoms with Gasteiger partial charge in [0.2, 0.25) is 0 Å². The van der Waals surface area contributed by atoms with E-state index in [1.807, 2.05) is 0 Å². The largest absolute Gasteiger partial charge is 0.490 e. The molecule has 0 bridgehead atoms. The Morgan fingerprint density at radius 2 is 2.16 bits per heavy atom. The smallest absolute Gasteiger partial charge is 0.334 e. The van der Waals surface area contributed by atoms with E-state index in [9.17, 15) is 14.7 Å². The molecule has 1 fully saturated rings. The van der Waals surface area contributed by atoms with Crippen LogP contribution in [-0.2, 0) is 9.53 Å². The third-order valence-electron chi connectivity index (χ3n) is 5.82. The van der Waals surface area contributed by atoms with Gasteiger partial charge < -0.3 is 20.0 Å². The molecule has 0 saturated heterocycles. The lowest BCUT2D eigenvalue weighted by molar-refractivity contribution is -0.153. The Hall–Kier alpha value is -3.17. The quantitative estimate of drug-likeness (QED) is 0.500. The molecule has 1 aliphatic carbocycles. The average Bonchev–Trinajstić information content (AvgIpc) is 3.09. The standard InChI is InChI=1S/C23H28N4O5/c1-3-12-31-17-11-7-8-15(13-17)19(23(30)32-16-9-5-4-6-10-16)27-14-24-20-18(22(27)29)21(28)26(2)25-20/h3,7-8,11,13-14,16,19,21,25,28H,1,4-6,9-10,12H2,2H3. The molecule has 1 saturated carbocycles. The van der Waals surface area contributed by atoms with Crippen LogP contribution in [0.3, 0.4) is 0 Å². The second kappa shape index (κ2) is 9.54. The van der Waals surface area contributed by atoms with Gasteiger partial charge >= 0.3 is 5.97 Å². The summed E-state index contributed by atoms with van der Waals surface area (Å²) in [5.41, 5.74) is 2.94. The molecule has 2 N–H and O–H groups in total. The number of hydrogen-bond donors (Lipinski definition) is 2. The Morgan fingerprint density at radius 3 is 2.91 bits per heavy atom. The molecule has 9 heteroatoms. The van der Waals surface area contributed by atoms with Crippen molar-refractivity contribution in [3.8, 4) is 5.75 Å². The normalized spacial score (nSPS) is 19.6. The maximum absolute atomic E-state index is 13.4. The summed E-state index contributed by atoms with van der Waals surface area (Å²) in [6.45, 7) is 3.96. The molecule has 9 nitrogen and oxygen atoms in total. The minimum atomic E-state index is -1.17. The zero-order chi connectivity index (χ0) is 22.7. The topological polar surface area (TPSA) is 106 Å². The zero-order valence-electron chi connectivity index (χ0n) is 18.1. The summed E-state index contributed by atoms with van der Waals surface area (Å²) in [6.07, 6.45) is 6.37. The van der Waals surface area contributed by atoms with Gasteiger partial charge in [0.1, 0.15) is 30.4 Å². The summed E-state index contributed by atoms with van der Waals surface area (Å²) in [5.74, 6) is 0.278. The van der Waals surface area contributed by atoms with Crippen molar-refractivity contribution in [2.24, 2.45) is 0 Å². The van der Waals surface area contributed by atoms with E-state index in [2.05, 4.69) is 17.0 Å². The lowest BCUT2D eigenvalue weighted by atomic mass is 9.97. The predicted molar refractivity (Wildman–Crippen MR) is 118 cm³/mol. The Morgan fingerprint density at radius 1 is 1.38 bits per heavy atom. The van der Waals surface area contributed by atoms with Crippen molar-refractivity contribution >= 4 is 11.8 Å². The van der Waals surface area contributed by atoms with Crippen LogP contribution in [0, 0.1) is 0 Å². The fourth-order valence-corrected chi connectivity index (χ4v) is 4.16. The molecular formula is C23H28N4O5. The van der Waals surface area contributed by atoms with Gasteiger partial charge in [-0.05, 0) is 43.4 Å². The lowest BCUT2D eigenvalue weighted by Gasteiger charge is -2.26. The summed E-state index contributed by atoms with van der Waals surface area (Å²) < 4.78 is 12.7. The van der Waals surface area contributed by atoms with Crippen molar-refractivity contribution in [3.05, 3.63) is 64.7 Å². The molecule has 0 spiro atoms. The Bertz CT molecular complexity index is 1050. The number of nitrogens with one attached hydrogen (secondary N) is 1. The van der Waals surface area contributed by atoms with E-state index in [4.69, 9.17) is 9.47 Å². The van der Waals surface area contributed by atoms with E-state index in [0.29, 0.717) is 17.9 Å². The fraction of sp³-hybridized carbons (Fsp3) is 0.435. The van der Waals surface area contributed by atoms with E-state index >= 15 is 0 Å². The monoisotopic (exact) mass is 440 g/mol. The van der Waals surface area contributed by atoms with Crippen molar-refractivity contribution in [2.75, 3.05) is 19.1 Å². The number of hydrazine groups is 1. The van der Waals surface area contributed by atoms with Crippen LogP contribution in [0.1, 0.15) is 55.5 Å². The highest BCUT2D eigenvalue weighted by Crippen LogP contribution is 2.30. The van der Waals surface area contributed by atoms with Crippen molar-refractivity contribution in [1.29, 1.82) is 0 Å². The molecular weight excluding hydrogens is 412 g/mol. The van der Waals surface area contributed by atoms with Crippen LogP contribution < -0.4 is 15.7 Å². The van der Waals surface area contributed by atoms with E-state index in [1.54, 1.807) is 37.4 Å². The first-order chi connectivity index (χ1) is 15.5. The molecule has 1 aromatic heterocycles. The van der Waals surface area contributed by atoms with Gasteiger partial charge in [0.25, 0.3) is 5.56 Å². The lowest BCUT2D eigenvalue weighted by Crippen LogP contribution is -2.36. The molecule has 2 heterocycles. The number of nitrogens with zero attached hydrogens (tertiary/aromatic N) is 3. The first kappa shape index (κ1) is 22.0. The maximum Gasteiger partial charge on any atom is 0.334 e. The van der Waals surface area contributed by atoms with Gasteiger partial charge in [0.05, 0.1) is 0 Å². The molecule has 2 aliphatic rings. The number of carbonyl (C=O) groups excluding carboxylic acids is 1. The first-order valence-electron chi connectivity index (χ1n) is 10.8. The predicted octanol–water partition coefficient (Wildman–Crippen LogP) is 2.54. The van der Waals surface area contributed by atoms with Gasteiger partial charge in [-0.25, -0.2) is 9.78 Å². The number of esters is 1. The number of carbonyl (C=O) groups is 1. The van der Waals surface area contributed by atoms with Gasteiger partial charge in [0.15, 0.2) is 18.1 Å².